The van der Waals surface area contributed by atoms with Crippen LogP contribution < -0.4 is 10.3 Å². The number of ether oxygens (including phenoxy) is 1. The third-order valence-electron chi connectivity index (χ3n) is 3.52. The van der Waals surface area contributed by atoms with E-state index in [1.807, 2.05) is 0 Å². The molecular formula is C17H12F5N3O3. The number of hydrogen-bond donors (Lipinski definition) is 0. The fraction of sp³-hybridized carbons (Fsp3) is 0.235. The number of pyridine rings is 1. The first-order valence-electron chi connectivity index (χ1n) is 7.82. The first kappa shape index (κ1) is 19.5. The Hall–Kier alpha value is -3.24. The lowest BCUT2D eigenvalue weighted by Gasteiger charge is -2.11. The van der Waals surface area contributed by atoms with Crippen LogP contribution >= 0.6 is 0 Å². The Morgan fingerprint density at radius 3 is 2.57 bits per heavy atom. The van der Waals surface area contributed by atoms with Crippen LogP contribution in [0.15, 0.2) is 51.8 Å². The largest absolute Gasteiger partial charge is 0.484 e. The van der Waals surface area contributed by atoms with E-state index in [1.165, 1.54) is 35.0 Å². The normalized spacial score (nSPS) is 11.8. The number of hydrogen-bond acceptors (Lipinski definition) is 5. The molecular weight excluding hydrogens is 389 g/mol. The molecule has 0 aliphatic heterocycles. The molecule has 3 rings (SSSR count). The molecule has 2 heterocycles. The van der Waals surface area contributed by atoms with Crippen LogP contribution in [0.4, 0.5) is 22.0 Å². The van der Waals surface area contributed by atoms with Crippen LogP contribution in [0.2, 0.25) is 0 Å². The van der Waals surface area contributed by atoms with E-state index in [-0.39, 0.29) is 23.7 Å². The van der Waals surface area contributed by atoms with Crippen LogP contribution in [-0.2, 0) is 6.54 Å². The van der Waals surface area contributed by atoms with Gasteiger partial charge in [-0.25, -0.2) is 0 Å². The highest BCUT2D eigenvalue weighted by Gasteiger charge is 2.28. The summed E-state index contributed by atoms with van der Waals surface area (Å²) in [4.78, 5) is 12.2. The van der Waals surface area contributed by atoms with Crippen molar-refractivity contribution in [1.29, 1.82) is 0 Å². The molecule has 0 saturated carbocycles. The molecule has 0 bridgehead atoms. The highest BCUT2D eigenvalue weighted by atomic mass is 19.4. The molecule has 0 atom stereocenters. The summed E-state index contributed by atoms with van der Waals surface area (Å²) in [7, 11) is 0. The van der Waals surface area contributed by atoms with Gasteiger partial charge in [-0.15, -0.1) is 10.2 Å². The second-order valence-corrected chi connectivity index (χ2v) is 5.68. The SMILES string of the molecule is O=c1cc(-c2nnc(C(F)F)o2)ccn1Cc1cccc(OCC(F)(F)F)c1. The minimum atomic E-state index is -4.46. The van der Waals surface area contributed by atoms with Crippen molar-refractivity contribution in [3.63, 3.8) is 0 Å². The van der Waals surface area contributed by atoms with Crippen LogP contribution in [0.5, 0.6) is 5.75 Å². The lowest BCUT2D eigenvalue weighted by molar-refractivity contribution is -0.153. The first-order valence-corrected chi connectivity index (χ1v) is 7.82. The summed E-state index contributed by atoms with van der Waals surface area (Å²) < 4.78 is 72.4. The van der Waals surface area contributed by atoms with Crippen molar-refractivity contribution in [3.05, 3.63) is 64.4 Å². The third kappa shape index (κ3) is 4.93. The average molecular weight is 401 g/mol. The van der Waals surface area contributed by atoms with E-state index in [0.29, 0.717) is 5.56 Å². The van der Waals surface area contributed by atoms with Gasteiger partial charge in [0.15, 0.2) is 6.61 Å². The standard InChI is InChI=1S/C17H12F5N3O3/c18-14(19)16-24-23-15(28-16)11-4-5-25(13(26)7-11)8-10-2-1-3-12(6-10)27-9-17(20,21)22/h1-7,14H,8-9H2. The number of halogens is 5. The molecule has 3 aromatic rings. The predicted molar refractivity (Wildman–Crippen MR) is 86.0 cm³/mol. The van der Waals surface area contributed by atoms with E-state index >= 15 is 0 Å². The summed E-state index contributed by atoms with van der Waals surface area (Å²) in [5.41, 5.74) is 0.214. The van der Waals surface area contributed by atoms with Crippen LogP contribution in [0.3, 0.4) is 0 Å². The van der Waals surface area contributed by atoms with Crippen molar-refractivity contribution in [3.8, 4) is 17.2 Å². The first-order chi connectivity index (χ1) is 13.2. The van der Waals surface area contributed by atoms with E-state index in [9.17, 15) is 26.7 Å². The lowest BCUT2D eigenvalue weighted by Crippen LogP contribution is -2.20. The topological polar surface area (TPSA) is 70.2 Å². The van der Waals surface area contributed by atoms with Crippen molar-refractivity contribution in [2.24, 2.45) is 0 Å². The molecule has 2 aromatic heterocycles. The second-order valence-electron chi connectivity index (χ2n) is 5.68. The van der Waals surface area contributed by atoms with Gasteiger partial charge >= 0.3 is 12.6 Å². The average Bonchev–Trinajstić information content (AvgIpc) is 3.12. The summed E-state index contributed by atoms with van der Waals surface area (Å²) in [6.07, 6.45) is -6.00. The third-order valence-corrected chi connectivity index (χ3v) is 3.52. The molecule has 6 nitrogen and oxygen atoms in total. The number of nitrogens with zero attached hydrogens (tertiary/aromatic N) is 3. The van der Waals surface area contributed by atoms with Gasteiger partial charge in [0.1, 0.15) is 5.75 Å². The van der Waals surface area contributed by atoms with Gasteiger partial charge in [-0.1, -0.05) is 12.1 Å². The van der Waals surface area contributed by atoms with Crippen molar-refractivity contribution >= 4 is 0 Å². The Kier molecular flexibility index (Phi) is 5.43. The smallest absolute Gasteiger partial charge is 0.422 e. The highest BCUT2D eigenvalue weighted by Crippen LogP contribution is 2.23. The fourth-order valence-corrected chi connectivity index (χ4v) is 2.31. The van der Waals surface area contributed by atoms with Crippen LogP contribution in [0, 0.1) is 0 Å². The second kappa shape index (κ2) is 7.79. The van der Waals surface area contributed by atoms with Crippen molar-refractivity contribution in [2.75, 3.05) is 6.61 Å². The van der Waals surface area contributed by atoms with Gasteiger partial charge < -0.3 is 13.7 Å². The number of aromatic nitrogens is 3. The van der Waals surface area contributed by atoms with E-state index < -0.39 is 30.7 Å². The Morgan fingerprint density at radius 2 is 1.93 bits per heavy atom. The van der Waals surface area contributed by atoms with Gasteiger partial charge in [0.05, 0.1) is 6.54 Å². The Labute approximate surface area is 154 Å². The molecule has 0 fully saturated rings. The van der Waals surface area contributed by atoms with E-state index in [4.69, 9.17) is 4.42 Å². The maximum atomic E-state index is 12.5. The maximum Gasteiger partial charge on any atom is 0.422 e. The highest BCUT2D eigenvalue weighted by molar-refractivity contribution is 5.51. The molecule has 0 amide bonds. The lowest BCUT2D eigenvalue weighted by atomic mass is 10.2. The van der Waals surface area contributed by atoms with Crippen molar-refractivity contribution < 1.29 is 31.1 Å². The molecule has 0 spiro atoms. The minimum absolute atomic E-state index is 0.0184. The van der Waals surface area contributed by atoms with Crippen LogP contribution in [0.1, 0.15) is 17.9 Å². The molecule has 0 radical (unpaired) electrons. The van der Waals surface area contributed by atoms with Crippen LogP contribution in [0.25, 0.3) is 11.5 Å². The Bertz CT molecular complexity index is 1010. The van der Waals surface area contributed by atoms with E-state index in [2.05, 4.69) is 14.9 Å². The fourth-order valence-electron chi connectivity index (χ4n) is 2.31. The van der Waals surface area contributed by atoms with Gasteiger partial charge in [-0.3, -0.25) is 4.79 Å². The van der Waals surface area contributed by atoms with Gasteiger partial charge in [-0.2, -0.15) is 22.0 Å². The van der Waals surface area contributed by atoms with E-state index in [1.54, 1.807) is 6.07 Å². The molecule has 1 aromatic carbocycles. The summed E-state index contributed by atoms with van der Waals surface area (Å²) in [6, 6.07) is 8.44. The van der Waals surface area contributed by atoms with Crippen molar-refractivity contribution in [2.45, 2.75) is 19.1 Å². The molecule has 0 aliphatic rings. The summed E-state index contributed by atoms with van der Waals surface area (Å²) in [6.45, 7) is -1.36. The summed E-state index contributed by atoms with van der Waals surface area (Å²) in [5.74, 6) is -1.05. The Balaban J connectivity index is 1.75. The van der Waals surface area contributed by atoms with Gasteiger partial charge in [0.2, 0.25) is 5.89 Å². The molecule has 0 N–H and O–H groups in total. The molecule has 148 valence electrons. The molecule has 28 heavy (non-hydrogen) atoms. The monoisotopic (exact) mass is 401 g/mol. The predicted octanol–water partition coefficient (Wildman–Crippen LogP) is 3.83. The van der Waals surface area contributed by atoms with E-state index in [0.717, 1.165) is 6.07 Å². The molecule has 0 unspecified atom stereocenters. The quantitative estimate of drug-likeness (QED) is 0.588. The van der Waals surface area contributed by atoms with Gasteiger partial charge in [0, 0.05) is 17.8 Å². The molecule has 0 aliphatic carbocycles. The zero-order valence-electron chi connectivity index (χ0n) is 14.0. The summed E-state index contributed by atoms with van der Waals surface area (Å²) >= 11 is 0. The maximum absolute atomic E-state index is 12.5. The van der Waals surface area contributed by atoms with Gasteiger partial charge in [0.25, 0.3) is 11.4 Å². The number of benzene rings is 1. The minimum Gasteiger partial charge on any atom is -0.484 e. The zero-order valence-corrected chi connectivity index (χ0v) is 14.0. The zero-order chi connectivity index (χ0) is 20.3. The number of rotatable bonds is 6. The Morgan fingerprint density at radius 1 is 1.14 bits per heavy atom. The number of alkyl halides is 5. The molecule has 11 heteroatoms. The summed E-state index contributed by atoms with van der Waals surface area (Å²) in [5, 5.41) is 6.65. The van der Waals surface area contributed by atoms with Crippen molar-refractivity contribution in [1.82, 2.24) is 14.8 Å². The van der Waals surface area contributed by atoms with Crippen LogP contribution in [-0.4, -0.2) is 27.5 Å². The van der Waals surface area contributed by atoms with Gasteiger partial charge in [-0.05, 0) is 23.8 Å². The molecule has 0 saturated heterocycles.